The lowest BCUT2D eigenvalue weighted by Gasteiger charge is -2.41. The highest BCUT2D eigenvalue weighted by Crippen LogP contribution is 2.57. The second-order valence-electron chi connectivity index (χ2n) is 17.1. The Hall–Kier alpha value is -6.71. The monoisotopic (exact) mass is 958 g/mol. The zero-order valence-corrected chi connectivity index (χ0v) is 40.3. The average Bonchev–Trinajstić information content (AvgIpc) is 3.98. The predicted octanol–water partition coefficient (Wildman–Crippen LogP) is 6.93. The maximum atomic E-state index is 15.2. The summed E-state index contributed by atoms with van der Waals surface area (Å²) in [4.78, 5) is 55.1. The number of hydrogen-bond donors (Lipinski definition) is 2. The predicted molar refractivity (Wildman–Crippen MR) is 256 cm³/mol. The number of anilines is 1. The number of carbonyl (C=O) groups is 2. The Kier molecular flexibility index (Phi) is 14.7. The number of methoxy groups -OCH3 is 2. The lowest BCUT2D eigenvalue weighted by molar-refractivity contribution is -0.191. The van der Waals surface area contributed by atoms with Crippen LogP contribution in [-0.2, 0) is 33.7 Å². The molecule has 2 aromatic heterocycles. The number of amides is 2. The number of aromatic amines is 1. The fourth-order valence-corrected chi connectivity index (χ4v) is 10.8. The van der Waals surface area contributed by atoms with Crippen LogP contribution in [0.2, 0.25) is 0 Å². The van der Waals surface area contributed by atoms with Gasteiger partial charge in [0.15, 0.2) is 24.0 Å². The molecule has 2 N–H and O–H groups in total. The van der Waals surface area contributed by atoms with Gasteiger partial charge in [0.1, 0.15) is 35.0 Å². The molecule has 0 spiro atoms. The Balaban J connectivity index is 1.25. The largest absolute Gasteiger partial charge is 0.497 e. The minimum Gasteiger partial charge on any atom is -0.497 e. The molecule has 2 aliphatic rings. The first-order valence-corrected chi connectivity index (χ1v) is 23.6. The van der Waals surface area contributed by atoms with Gasteiger partial charge < -0.3 is 37.6 Å². The van der Waals surface area contributed by atoms with E-state index in [0.29, 0.717) is 17.2 Å². The highest BCUT2D eigenvalue weighted by Gasteiger charge is 2.71. The van der Waals surface area contributed by atoms with Gasteiger partial charge in [-0.25, -0.2) is 9.65 Å². The number of morpholine rings is 1. The van der Waals surface area contributed by atoms with Crippen LogP contribution in [0, 0.1) is 11.3 Å². The van der Waals surface area contributed by atoms with Crippen molar-refractivity contribution in [1.29, 1.82) is 5.26 Å². The third kappa shape index (κ3) is 9.54. The molecule has 2 aliphatic heterocycles. The van der Waals surface area contributed by atoms with Crippen LogP contribution in [0.25, 0.3) is 11.2 Å². The summed E-state index contributed by atoms with van der Waals surface area (Å²) in [5, 5.41) is 12.2. The number of aromatic nitrogens is 4. The van der Waals surface area contributed by atoms with Crippen LogP contribution in [0.15, 0.2) is 120 Å². The lowest BCUT2D eigenvalue weighted by Crippen LogP contribution is -2.54. The Morgan fingerprint density at radius 3 is 2.07 bits per heavy atom. The van der Waals surface area contributed by atoms with E-state index in [-0.39, 0.29) is 55.4 Å². The van der Waals surface area contributed by atoms with Gasteiger partial charge in [0, 0.05) is 19.1 Å². The number of imidazole rings is 1. The van der Waals surface area contributed by atoms with Crippen molar-refractivity contribution >= 4 is 37.5 Å². The number of rotatable bonds is 21. The number of likely N-dealkylation sites (tertiary alicyclic amines) is 1. The molecule has 1 unspecified atom stereocenters. The molecule has 4 aromatic carbocycles. The number of ether oxygens (including phenoxy) is 5. The van der Waals surface area contributed by atoms with Crippen molar-refractivity contribution in [2.75, 3.05) is 46.4 Å². The fourth-order valence-electron chi connectivity index (χ4n) is 9.01. The van der Waals surface area contributed by atoms with Gasteiger partial charge in [-0.05, 0) is 80.8 Å². The van der Waals surface area contributed by atoms with E-state index in [4.69, 9.17) is 32.7 Å². The summed E-state index contributed by atoms with van der Waals surface area (Å²) in [6.45, 7) is 7.44. The maximum Gasteiger partial charge on any atom is 0.280 e. The highest BCUT2D eigenvalue weighted by atomic mass is 31.2. The van der Waals surface area contributed by atoms with Gasteiger partial charge in [-0.3, -0.25) is 29.3 Å². The van der Waals surface area contributed by atoms with Crippen LogP contribution in [0.5, 0.6) is 17.2 Å². The smallest absolute Gasteiger partial charge is 0.280 e. The van der Waals surface area contributed by atoms with E-state index >= 15 is 4.79 Å². The maximum absolute atomic E-state index is 15.2. The van der Waals surface area contributed by atoms with Crippen LogP contribution in [0.4, 0.5) is 5.95 Å². The molecule has 8 rings (SSSR count). The van der Waals surface area contributed by atoms with Crippen LogP contribution < -0.4 is 25.1 Å². The van der Waals surface area contributed by atoms with Crippen LogP contribution in [0.3, 0.4) is 0 Å². The molecule has 2 bridgehead atoms. The molecule has 5 atom stereocenters. The number of para-hydroxylation sites is 1. The van der Waals surface area contributed by atoms with E-state index in [1.165, 1.54) is 6.33 Å². The number of fused-ring (bicyclic) bond motifs is 3. The van der Waals surface area contributed by atoms with Crippen molar-refractivity contribution in [1.82, 2.24) is 29.1 Å². The quantitative estimate of drug-likeness (QED) is 0.0427. The van der Waals surface area contributed by atoms with Crippen molar-refractivity contribution in [2.24, 2.45) is 0 Å². The molecule has 2 saturated heterocycles. The number of nitrogens with zero attached hydrogens (tertiary/aromatic N) is 6. The first-order valence-electron chi connectivity index (χ1n) is 22.5. The molecule has 2 fully saturated rings. The van der Waals surface area contributed by atoms with E-state index in [1.54, 1.807) is 55.0 Å². The fraction of sp³-hybridized carbons (Fsp3) is 0.360. The van der Waals surface area contributed by atoms with E-state index in [0.717, 1.165) is 16.7 Å². The third-order valence-corrected chi connectivity index (χ3v) is 14.3. The van der Waals surface area contributed by atoms with Gasteiger partial charge in [0.25, 0.3) is 25.9 Å². The Morgan fingerprint density at radius 2 is 1.49 bits per heavy atom. The van der Waals surface area contributed by atoms with E-state index in [2.05, 4.69) is 31.0 Å². The number of H-pyrrole nitrogens is 1. The summed E-state index contributed by atoms with van der Waals surface area (Å²) in [6.07, 6.45) is -0.631. The molecule has 6 aromatic rings. The van der Waals surface area contributed by atoms with Crippen molar-refractivity contribution in [3.05, 3.63) is 143 Å². The summed E-state index contributed by atoms with van der Waals surface area (Å²) in [5.74, 6) is 0.607. The number of benzene rings is 4. The number of nitrogens with one attached hydrogen (secondary N) is 2. The topological polar surface area (TPSA) is 205 Å². The number of carbonyl (C=O) groups excluding carboxylic acids is 2. The molecular formula is C50H55N8O10P. The molecule has 0 radical (unpaired) electrons. The SMILES string of the molecule is COc1ccc(C(OC[C@@]23O[C@@H](n4cnc5c(=O)[nH]c(NC(=O)COc6ccccc6)nc54)[C@@H]([C@@H]2OP(OCCC#N)N(C(C)C)C(C)C)N(C)C3=O)(c2ccccc2)c2ccc(OC)cc2)cc1. The van der Waals surface area contributed by atoms with E-state index in [1.807, 2.05) is 113 Å². The molecule has 69 heavy (non-hydrogen) atoms. The molecule has 360 valence electrons. The average molecular weight is 959 g/mol. The van der Waals surface area contributed by atoms with Gasteiger partial charge in [-0.1, -0.05) is 72.8 Å². The summed E-state index contributed by atoms with van der Waals surface area (Å²) >= 11 is 0. The van der Waals surface area contributed by atoms with Crippen LogP contribution in [0.1, 0.15) is 57.0 Å². The summed E-state index contributed by atoms with van der Waals surface area (Å²) in [6, 6.07) is 34.7. The second kappa shape index (κ2) is 20.9. The van der Waals surface area contributed by atoms with Gasteiger partial charge in [0.2, 0.25) is 11.5 Å². The van der Waals surface area contributed by atoms with Crippen molar-refractivity contribution in [3.8, 4) is 23.3 Å². The first kappa shape index (κ1) is 48.7. The van der Waals surface area contributed by atoms with Crippen LogP contribution in [-0.4, -0.2) is 112 Å². The molecule has 2 amide bonds. The summed E-state index contributed by atoms with van der Waals surface area (Å²) in [5.41, 5.74) is -1.64. The lowest BCUT2D eigenvalue weighted by atomic mass is 9.79. The highest BCUT2D eigenvalue weighted by molar-refractivity contribution is 7.44. The third-order valence-electron chi connectivity index (χ3n) is 12.1. The number of nitriles is 1. The van der Waals surface area contributed by atoms with Gasteiger partial charge in [-0.2, -0.15) is 10.2 Å². The summed E-state index contributed by atoms with van der Waals surface area (Å²) in [7, 11) is 2.90. The standard InChI is InChI=1S/C50H55N8O10P/c1-32(2)58(33(3)4)69(66-28-14-27-51)68-43-42-46(57-31-52-41-44(57)54-48(55-45(41)60)53-40(59)29-64-39-17-12-9-13-18-39)67-49(43,47(61)56(42)5)30-65-50(34-15-10-8-11-16-34,35-19-23-37(62-6)24-20-35)36-21-25-38(63-7)26-22-36/h8-13,15-26,31-33,42-43,46H,14,28-30H2,1-7H3,(H2,53,54,55,59,60)/t42-,43+,46-,49-,69?/m1/s1. The Morgan fingerprint density at radius 1 is 0.899 bits per heavy atom. The number of likely N-dealkylation sites (N-methyl/N-ethyl adjacent to an activating group) is 1. The molecule has 4 heterocycles. The van der Waals surface area contributed by atoms with Gasteiger partial charge in [0.05, 0.1) is 46.3 Å². The van der Waals surface area contributed by atoms with Crippen molar-refractivity contribution < 1.29 is 42.3 Å². The summed E-state index contributed by atoms with van der Waals surface area (Å²) < 4.78 is 48.6. The molecule has 0 aliphatic carbocycles. The molecule has 0 saturated carbocycles. The van der Waals surface area contributed by atoms with Gasteiger partial charge >= 0.3 is 0 Å². The first-order chi connectivity index (χ1) is 33.3. The zero-order valence-electron chi connectivity index (χ0n) is 39.4. The Labute approximate surface area is 401 Å². The van der Waals surface area contributed by atoms with E-state index < -0.39 is 55.5 Å². The van der Waals surface area contributed by atoms with Gasteiger partial charge in [-0.15, -0.1) is 0 Å². The van der Waals surface area contributed by atoms with Crippen LogP contribution >= 0.6 is 8.53 Å². The van der Waals surface area contributed by atoms with E-state index in [9.17, 15) is 14.9 Å². The Bertz CT molecular complexity index is 2770. The zero-order chi connectivity index (χ0) is 48.9. The minimum atomic E-state index is -1.96. The second-order valence-corrected chi connectivity index (χ2v) is 18.5. The number of hydrogen-bond acceptors (Lipinski definition) is 14. The molecular weight excluding hydrogens is 904 g/mol. The minimum absolute atomic E-state index is 0.0355. The normalized spacial score (nSPS) is 19.3. The molecule has 19 heteroatoms. The van der Waals surface area contributed by atoms with Crippen molar-refractivity contribution in [2.45, 2.75) is 75.8 Å². The molecule has 18 nitrogen and oxygen atoms in total. The van der Waals surface area contributed by atoms with Crippen molar-refractivity contribution in [3.63, 3.8) is 0 Å².